The number of carbonyl (C=O) groups excluding carboxylic acids is 2. The lowest BCUT2D eigenvalue weighted by Gasteiger charge is -2.20. The lowest BCUT2D eigenvalue weighted by molar-refractivity contribution is -0.161. The molecule has 0 fully saturated rings. The van der Waals surface area contributed by atoms with Crippen LogP contribution in [0.3, 0.4) is 0 Å². The van der Waals surface area contributed by atoms with Gasteiger partial charge < -0.3 is 25.2 Å². The second kappa shape index (κ2) is 41.4. The molecule has 12 heteroatoms. The molecule has 0 aliphatic rings. The Morgan fingerprint density at radius 2 is 0.914 bits per heavy atom. The van der Waals surface area contributed by atoms with Gasteiger partial charge in [-0.1, -0.05) is 159 Å². The van der Waals surface area contributed by atoms with Crippen LogP contribution in [-0.4, -0.2) is 59.9 Å². The number of nitrogens with two attached hydrogens (primary N) is 1. The molecule has 0 amide bonds. The normalized spacial score (nSPS) is 14.0. The molecule has 0 rings (SSSR count). The summed E-state index contributed by atoms with van der Waals surface area (Å²) in [5.41, 5.74) is 5.34. The highest BCUT2D eigenvalue weighted by molar-refractivity contribution is 7.47. The lowest BCUT2D eigenvalue weighted by atomic mass is 10.1. The molecule has 0 aliphatic heterocycles. The van der Waals surface area contributed by atoms with Crippen molar-refractivity contribution in [2.45, 2.75) is 219 Å². The predicted molar refractivity (Wildman–Crippen MR) is 235 cm³/mol. The quantitative estimate of drug-likeness (QED) is 0.0231. The van der Waals surface area contributed by atoms with Gasteiger partial charge in [-0.2, -0.15) is 0 Å². The minimum Gasteiger partial charge on any atom is -0.480 e. The number of ether oxygens (including phenoxy) is 2. The third-order valence-electron chi connectivity index (χ3n) is 9.86. The number of aliphatic carboxylic acids is 1. The van der Waals surface area contributed by atoms with Gasteiger partial charge in [-0.05, 0) is 70.6 Å². The summed E-state index contributed by atoms with van der Waals surface area (Å²) < 4.78 is 32.7. The highest BCUT2D eigenvalue weighted by Crippen LogP contribution is 2.43. The molecule has 0 aliphatic carbocycles. The van der Waals surface area contributed by atoms with Crippen molar-refractivity contribution in [3.05, 3.63) is 36.5 Å². The molecule has 0 radical (unpaired) electrons. The minimum atomic E-state index is -4.72. The Morgan fingerprint density at radius 3 is 1.40 bits per heavy atom. The van der Waals surface area contributed by atoms with Crippen LogP contribution in [0.5, 0.6) is 0 Å². The maximum absolute atomic E-state index is 12.6. The molecule has 3 atom stereocenters. The number of esters is 2. The first kappa shape index (κ1) is 55.7. The molecule has 0 spiro atoms. The number of carboxylic acid groups (broad SMARTS) is 1. The molecular weight excluding hydrogens is 757 g/mol. The number of allylic oxidation sites excluding steroid dienone is 6. The van der Waals surface area contributed by atoms with Gasteiger partial charge in [0.2, 0.25) is 0 Å². The number of rotatable bonds is 43. The topological polar surface area (TPSA) is 172 Å². The van der Waals surface area contributed by atoms with E-state index in [1.54, 1.807) is 0 Å². The number of carbonyl (C=O) groups is 3. The lowest BCUT2D eigenvalue weighted by Crippen LogP contribution is -2.34. The summed E-state index contributed by atoms with van der Waals surface area (Å²) in [4.78, 5) is 46.0. The molecule has 58 heavy (non-hydrogen) atoms. The van der Waals surface area contributed by atoms with Crippen molar-refractivity contribution in [1.82, 2.24) is 0 Å². The fourth-order valence-corrected chi connectivity index (χ4v) is 6.99. The van der Waals surface area contributed by atoms with Crippen LogP contribution in [0.25, 0.3) is 0 Å². The smallest absolute Gasteiger partial charge is 0.472 e. The van der Waals surface area contributed by atoms with Crippen molar-refractivity contribution < 1.29 is 47.5 Å². The van der Waals surface area contributed by atoms with E-state index in [1.165, 1.54) is 103 Å². The molecule has 338 valence electrons. The van der Waals surface area contributed by atoms with E-state index in [1.807, 2.05) is 0 Å². The zero-order valence-corrected chi connectivity index (χ0v) is 37.5. The molecule has 0 aromatic carbocycles. The van der Waals surface area contributed by atoms with E-state index in [9.17, 15) is 23.8 Å². The number of hydrogen-bond donors (Lipinski definition) is 3. The van der Waals surface area contributed by atoms with Crippen LogP contribution < -0.4 is 5.73 Å². The number of carboxylic acids is 1. The molecule has 4 N–H and O–H groups in total. The zero-order valence-electron chi connectivity index (χ0n) is 36.6. The average molecular weight is 842 g/mol. The first-order chi connectivity index (χ1) is 28.1. The maximum Gasteiger partial charge on any atom is 0.472 e. The van der Waals surface area contributed by atoms with E-state index in [-0.39, 0.29) is 19.4 Å². The summed E-state index contributed by atoms with van der Waals surface area (Å²) in [6, 6.07) is -1.52. The van der Waals surface area contributed by atoms with Gasteiger partial charge in [0.25, 0.3) is 0 Å². The van der Waals surface area contributed by atoms with Crippen molar-refractivity contribution in [3.63, 3.8) is 0 Å². The highest BCUT2D eigenvalue weighted by Gasteiger charge is 2.28. The van der Waals surface area contributed by atoms with E-state index in [0.29, 0.717) is 12.8 Å². The first-order valence-electron chi connectivity index (χ1n) is 23.0. The SMILES string of the molecule is CCCCC/C=C\C/C=C\CCCCCCCCCC(=O)OC[C@H](COP(=O)(O)OC[C@H](N)C(=O)O)OC(=O)CCCCCCCCC/C=C\CCCCCCCC. The highest BCUT2D eigenvalue weighted by atomic mass is 31.2. The summed E-state index contributed by atoms with van der Waals surface area (Å²) in [6.07, 6.45) is 44.8. The van der Waals surface area contributed by atoms with E-state index < -0.39 is 51.1 Å². The fourth-order valence-electron chi connectivity index (χ4n) is 6.21. The van der Waals surface area contributed by atoms with Crippen molar-refractivity contribution in [2.24, 2.45) is 5.73 Å². The molecule has 0 bridgehead atoms. The summed E-state index contributed by atoms with van der Waals surface area (Å²) in [7, 11) is -4.72. The molecule has 11 nitrogen and oxygen atoms in total. The van der Waals surface area contributed by atoms with Crippen LogP contribution in [0.2, 0.25) is 0 Å². The third-order valence-corrected chi connectivity index (χ3v) is 10.8. The number of phosphoric ester groups is 1. The van der Waals surface area contributed by atoms with Crippen molar-refractivity contribution in [3.8, 4) is 0 Å². The van der Waals surface area contributed by atoms with E-state index in [2.05, 4.69) is 54.8 Å². The Morgan fingerprint density at radius 1 is 0.534 bits per heavy atom. The zero-order chi connectivity index (χ0) is 42.8. The summed E-state index contributed by atoms with van der Waals surface area (Å²) in [5.74, 6) is -2.39. The van der Waals surface area contributed by atoms with Crippen LogP contribution in [0, 0.1) is 0 Å². The monoisotopic (exact) mass is 842 g/mol. The molecule has 0 aromatic heterocycles. The van der Waals surface area contributed by atoms with Crippen molar-refractivity contribution in [2.75, 3.05) is 19.8 Å². The second-order valence-corrected chi connectivity index (χ2v) is 17.0. The average Bonchev–Trinajstić information content (AvgIpc) is 3.20. The predicted octanol–water partition coefficient (Wildman–Crippen LogP) is 12.4. The summed E-state index contributed by atoms with van der Waals surface area (Å²) in [5, 5.41) is 8.90. The number of hydrogen-bond acceptors (Lipinski definition) is 9. The Labute approximate surface area is 353 Å². The standard InChI is InChI=1S/C46H84NO10P/c1-3-5-7-9-11-13-15-17-19-21-23-25-27-29-31-33-35-37-44(48)54-39-42(40-55-58(52,53)56-41-43(47)46(50)51)57-45(49)38-36-34-32-30-28-26-24-22-20-18-16-14-12-10-8-6-4-2/h11,13,17-20,42-43H,3-10,12,14-16,21-41,47H2,1-2H3,(H,50,51)(H,52,53)/b13-11-,19-17-,20-18-/t42-,43+/m1/s1. The van der Waals surface area contributed by atoms with E-state index in [0.717, 1.165) is 64.2 Å². The second-order valence-electron chi connectivity index (χ2n) is 15.5. The van der Waals surface area contributed by atoms with Crippen molar-refractivity contribution in [1.29, 1.82) is 0 Å². The van der Waals surface area contributed by atoms with Crippen LogP contribution >= 0.6 is 7.82 Å². The van der Waals surface area contributed by atoms with Crippen LogP contribution in [-0.2, 0) is 37.5 Å². The Kier molecular flexibility index (Phi) is 39.8. The number of unbranched alkanes of at least 4 members (excludes halogenated alkanes) is 23. The number of phosphoric acid groups is 1. The van der Waals surface area contributed by atoms with Crippen LogP contribution in [0.4, 0.5) is 0 Å². The van der Waals surface area contributed by atoms with Crippen molar-refractivity contribution >= 4 is 25.7 Å². The molecular formula is C46H84NO10P. The molecule has 0 saturated carbocycles. The largest absolute Gasteiger partial charge is 0.480 e. The minimum absolute atomic E-state index is 0.155. The Hall–Kier alpha value is -2.30. The van der Waals surface area contributed by atoms with Gasteiger partial charge in [-0.25, -0.2) is 4.57 Å². The van der Waals surface area contributed by atoms with E-state index in [4.69, 9.17) is 24.8 Å². The van der Waals surface area contributed by atoms with Crippen LogP contribution in [0.15, 0.2) is 36.5 Å². The first-order valence-corrected chi connectivity index (χ1v) is 24.5. The molecule has 0 aromatic rings. The van der Waals surface area contributed by atoms with Gasteiger partial charge in [0.15, 0.2) is 6.10 Å². The Bertz CT molecular complexity index is 1130. The van der Waals surface area contributed by atoms with Gasteiger partial charge in [-0.3, -0.25) is 23.4 Å². The molecule has 0 heterocycles. The summed E-state index contributed by atoms with van der Waals surface area (Å²) >= 11 is 0. The van der Waals surface area contributed by atoms with Crippen LogP contribution in [0.1, 0.15) is 206 Å². The third kappa shape index (κ3) is 40.5. The maximum atomic E-state index is 12.6. The Balaban J connectivity index is 4.34. The van der Waals surface area contributed by atoms with Gasteiger partial charge >= 0.3 is 25.7 Å². The van der Waals surface area contributed by atoms with Gasteiger partial charge in [0, 0.05) is 12.8 Å². The molecule has 1 unspecified atom stereocenters. The van der Waals surface area contributed by atoms with Gasteiger partial charge in [-0.15, -0.1) is 0 Å². The fraction of sp³-hybridized carbons (Fsp3) is 0.804. The van der Waals surface area contributed by atoms with Gasteiger partial charge in [0.05, 0.1) is 13.2 Å². The molecule has 0 saturated heterocycles. The van der Waals surface area contributed by atoms with E-state index >= 15 is 0 Å². The van der Waals surface area contributed by atoms with Gasteiger partial charge in [0.1, 0.15) is 12.6 Å². The summed E-state index contributed by atoms with van der Waals surface area (Å²) in [6.45, 7) is 2.77.